The Morgan fingerprint density at radius 1 is 1.24 bits per heavy atom. The van der Waals surface area contributed by atoms with Crippen LogP contribution in [0.15, 0.2) is 24.5 Å². The van der Waals surface area contributed by atoms with E-state index in [1.165, 1.54) is 6.92 Å². The highest BCUT2D eigenvalue weighted by molar-refractivity contribution is 6.45. The standard InChI is InChI=1S/C24H27Cl2N5O3/c1-14(32)27-11-20(33)29-16-5-8-19-22(15-10-28-31(12-15)21-4-2-3-9-34-21)17-6-7-18(25)23(26)24(17)30(19)13-16/h6-7,10,12,16,21H,2-5,8-9,11,13H2,1H3,(H,27,32)(H,29,33). The van der Waals surface area contributed by atoms with Gasteiger partial charge in [0.05, 0.1) is 28.3 Å². The van der Waals surface area contributed by atoms with Crippen LogP contribution >= 0.6 is 23.2 Å². The molecule has 0 aliphatic carbocycles. The number of amides is 2. The van der Waals surface area contributed by atoms with Crippen LogP contribution in [0.1, 0.15) is 44.5 Å². The molecule has 2 atom stereocenters. The predicted molar refractivity (Wildman–Crippen MR) is 131 cm³/mol. The Kier molecular flexibility index (Phi) is 6.55. The minimum absolute atomic E-state index is 0.0338. The highest BCUT2D eigenvalue weighted by atomic mass is 35.5. The second-order valence-corrected chi connectivity index (χ2v) is 9.72. The summed E-state index contributed by atoms with van der Waals surface area (Å²) in [4.78, 5) is 23.4. The van der Waals surface area contributed by atoms with Gasteiger partial charge < -0.3 is 19.9 Å². The molecule has 0 saturated carbocycles. The summed E-state index contributed by atoms with van der Waals surface area (Å²) < 4.78 is 9.98. The van der Waals surface area contributed by atoms with E-state index in [-0.39, 0.29) is 30.6 Å². The average Bonchev–Trinajstić information content (AvgIpc) is 3.43. The van der Waals surface area contributed by atoms with E-state index in [9.17, 15) is 9.59 Å². The van der Waals surface area contributed by atoms with Gasteiger partial charge in [-0.05, 0) is 38.2 Å². The summed E-state index contributed by atoms with van der Waals surface area (Å²) in [6, 6.07) is 3.75. The van der Waals surface area contributed by atoms with Crippen LogP contribution in [-0.2, 0) is 27.3 Å². The summed E-state index contributed by atoms with van der Waals surface area (Å²) >= 11 is 13.1. The molecule has 0 bridgehead atoms. The van der Waals surface area contributed by atoms with Gasteiger partial charge in [0.15, 0.2) is 0 Å². The van der Waals surface area contributed by atoms with Gasteiger partial charge in [0.25, 0.3) is 0 Å². The summed E-state index contributed by atoms with van der Waals surface area (Å²) in [6.45, 7) is 2.68. The average molecular weight is 504 g/mol. The number of nitrogens with one attached hydrogen (secondary N) is 2. The van der Waals surface area contributed by atoms with Gasteiger partial charge >= 0.3 is 0 Å². The topological polar surface area (TPSA) is 90.2 Å². The lowest BCUT2D eigenvalue weighted by molar-refractivity contribution is -0.125. The van der Waals surface area contributed by atoms with Crippen molar-refractivity contribution in [3.8, 4) is 11.1 Å². The number of hydrogen-bond donors (Lipinski definition) is 2. The highest BCUT2D eigenvalue weighted by Crippen LogP contribution is 2.43. The van der Waals surface area contributed by atoms with Crippen molar-refractivity contribution in [1.82, 2.24) is 25.0 Å². The first kappa shape index (κ1) is 23.2. The lowest BCUT2D eigenvalue weighted by Gasteiger charge is -2.27. The zero-order valence-corrected chi connectivity index (χ0v) is 20.5. The van der Waals surface area contributed by atoms with Gasteiger partial charge in [0.2, 0.25) is 11.8 Å². The Labute approximate surface area is 207 Å². The summed E-state index contributed by atoms with van der Waals surface area (Å²) in [7, 11) is 0. The number of hydrogen-bond acceptors (Lipinski definition) is 4. The minimum atomic E-state index is -0.234. The van der Waals surface area contributed by atoms with E-state index in [0.717, 1.165) is 66.4 Å². The van der Waals surface area contributed by atoms with E-state index in [1.807, 2.05) is 23.0 Å². The molecular formula is C24H27Cl2N5O3. The fourth-order valence-electron chi connectivity index (χ4n) is 5.00. The summed E-state index contributed by atoms with van der Waals surface area (Å²) in [5.74, 6) is -0.444. The number of carbonyl (C=O) groups is 2. The number of halogens is 2. The molecule has 2 aliphatic heterocycles. The number of nitrogens with zero attached hydrogens (tertiary/aromatic N) is 3. The third-order valence-electron chi connectivity index (χ3n) is 6.56. The van der Waals surface area contributed by atoms with Crippen molar-refractivity contribution in [3.05, 3.63) is 40.3 Å². The van der Waals surface area contributed by atoms with Gasteiger partial charge in [-0.2, -0.15) is 5.10 Å². The number of benzene rings is 1. The molecule has 2 unspecified atom stereocenters. The Bertz CT molecular complexity index is 1250. The summed E-state index contributed by atoms with van der Waals surface area (Å²) in [5, 5.41) is 12.2. The molecule has 0 spiro atoms. The molecule has 2 amide bonds. The van der Waals surface area contributed by atoms with Gasteiger partial charge in [-0.15, -0.1) is 0 Å². The molecule has 180 valence electrons. The molecule has 5 rings (SSSR count). The van der Waals surface area contributed by atoms with Crippen molar-refractivity contribution >= 4 is 45.9 Å². The molecule has 1 aromatic carbocycles. The van der Waals surface area contributed by atoms with Crippen LogP contribution in [0.25, 0.3) is 22.0 Å². The molecular weight excluding hydrogens is 477 g/mol. The molecule has 2 N–H and O–H groups in total. The number of ether oxygens (including phenoxy) is 1. The third-order valence-corrected chi connectivity index (χ3v) is 7.35. The summed E-state index contributed by atoms with van der Waals surface area (Å²) in [6.07, 6.45) is 8.61. The second kappa shape index (κ2) is 9.60. The van der Waals surface area contributed by atoms with Crippen molar-refractivity contribution in [2.45, 2.75) is 57.8 Å². The number of aromatic nitrogens is 3. The molecule has 1 saturated heterocycles. The van der Waals surface area contributed by atoms with Crippen LogP contribution in [0, 0.1) is 0 Å². The maximum absolute atomic E-state index is 12.3. The zero-order chi connectivity index (χ0) is 23.8. The van der Waals surface area contributed by atoms with Crippen LogP contribution in [-0.4, -0.2) is 45.4 Å². The van der Waals surface area contributed by atoms with Crippen molar-refractivity contribution in [3.63, 3.8) is 0 Å². The zero-order valence-electron chi connectivity index (χ0n) is 18.9. The normalized spacial score (nSPS) is 20.2. The van der Waals surface area contributed by atoms with Crippen molar-refractivity contribution < 1.29 is 14.3 Å². The van der Waals surface area contributed by atoms with E-state index in [4.69, 9.17) is 27.9 Å². The van der Waals surface area contributed by atoms with E-state index >= 15 is 0 Å². The highest BCUT2D eigenvalue weighted by Gasteiger charge is 2.29. The summed E-state index contributed by atoms with van der Waals surface area (Å²) in [5.41, 5.74) is 4.12. The number of carbonyl (C=O) groups excluding carboxylic acids is 2. The Morgan fingerprint density at radius 3 is 2.85 bits per heavy atom. The molecule has 2 aliphatic rings. The van der Waals surface area contributed by atoms with Crippen LogP contribution in [0.3, 0.4) is 0 Å². The van der Waals surface area contributed by atoms with Crippen molar-refractivity contribution in [2.24, 2.45) is 0 Å². The molecule has 0 radical (unpaired) electrons. The Morgan fingerprint density at radius 2 is 2.09 bits per heavy atom. The lowest BCUT2D eigenvalue weighted by atomic mass is 9.99. The quantitative estimate of drug-likeness (QED) is 0.548. The molecule has 8 nitrogen and oxygen atoms in total. The predicted octanol–water partition coefficient (Wildman–Crippen LogP) is 4.08. The lowest BCUT2D eigenvalue weighted by Crippen LogP contribution is -2.45. The van der Waals surface area contributed by atoms with Crippen LogP contribution in [0.4, 0.5) is 0 Å². The van der Waals surface area contributed by atoms with Gasteiger partial charge in [0, 0.05) is 54.5 Å². The van der Waals surface area contributed by atoms with Crippen LogP contribution in [0.2, 0.25) is 10.0 Å². The van der Waals surface area contributed by atoms with E-state index < -0.39 is 0 Å². The van der Waals surface area contributed by atoms with E-state index in [0.29, 0.717) is 16.6 Å². The third kappa shape index (κ3) is 4.42. The first-order chi connectivity index (χ1) is 16.4. The SMILES string of the molecule is CC(=O)NCC(=O)NC1CCc2c(-c3cnn(C4CCCCO4)c3)c3ccc(Cl)c(Cl)c3n2C1. The van der Waals surface area contributed by atoms with E-state index in [1.54, 1.807) is 0 Å². The van der Waals surface area contributed by atoms with Gasteiger partial charge in [-0.3, -0.25) is 9.59 Å². The largest absolute Gasteiger partial charge is 0.357 e. The first-order valence-corrected chi connectivity index (χ1v) is 12.4. The first-order valence-electron chi connectivity index (χ1n) is 11.6. The molecule has 34 heavy (non-hydrogen) atoms. The number of rotatable bonds is 5. The van der Waals surface area contributed by atoms with E-state index in [2.05, 4.69) is 26.5 Å². The van der Waals surface area contributed by atoms with Gasteiger partial charge in [-0.1, -0.05) is 29.3 Å². The maximum Gasteiger partial charge on any atom is 0.239 e. The molecule has 1 fully saturated rings. The molecule has 2 aromatic heterocycles. The second-order valence-electron chi connectivity index (χ2n) is 8.93. The molecule has 10 heteroatoms. The fourth-order valence-corrected chi connectivity index (χ4v) is 5.41. The number of fused-ring (bicyclic) bond motifs is 3. The Hall–Kier alpha value is -2.55. The van der Waals surface area contributed by atoms with Crippen LogP contribution < -0.4 is 10.6 Å². The van der Waals surface area contributed by atoms with Crippen molar-refractivity contribution in [1.29, 1.82) is 0 Å². The van der Waals surface area contributed by atoms with Crippen molar-refractivity contribution in [2.75, 3.05) is 13.2 Å². The molecule has 3 aromatic rings. The maximum atomic E-state index is 12.3. The van der Waals surface area contributed by atoms with Gasteiger partial charge in [-0.25, -0.2) is 4.68 Å². The fraction of sp³-hybridized carbons (Fsp3) is 0.458. The Balaban J connectivity index is 1.49. The van der Waals surface area contributed by atoms with Crippen LogP contribution in [0.5, 0.6) is 0 Å². The van der Waals surface area contributed by atoms with Gasteiger partial charge in [0.1, 0.15) is 6.23 Å². The minimum Gasteiger partial charge on any atom is -0.357 e. The monoisotopic (exact) mass is 503 g/mol. The molecule has 4 heterocycles. The smallest absolute Gasteiger partial charge is 0.239 e.